The lowest BCUT2D eigenvalue weighted by atomic mass is 9.94. The Bertz CT molecular complexity index is 828. The van der Waals surface area contributed by atoms with Gasteiger partial charge in [-0.1, -0.05) is 0 Å². The molecule has 0 spiro atoms. The third kappa shape index (κ3) is 2.46. The number of aromatic nitrogens is 1. The van der Waals surface area contributed by atoms with Crippen LogP contribution in [0, 0.1) is 11.3 Å². The number of anilines is 1. The van der Waals surface area contributed by atoms with Gasteiger partial charge in [-0.25, -0.2) is 10.3 Å². The van der Waals surface area contributed by atoms with Gasteiger partial charge >= 0.3 is 6.09 Å². The molecule has 1 aliphatic heterocycles. The number of aromatic amines is 1. The fourth-order valence-corrected chi connectivity index (χ4v) is 3.76. The molecule has 24 heavy (non-hydrogen) atoms. The molecule has 1 amide bonds. The summed E-state index contributed by atoms with van der Waals surface area (Å²) in [6.45, 7) is 1.51. The largest absolute Gasteiger partial charge is 0.434 e. The number of hydrogen-bond acceptors (Lipinski definition) is 4. The molecule has 2 N–H and O–H groups in total. The van der Waals surface area contributed by atoms with Crippen molar-refractivity contribution < 1.29 is 9.63 Å². The van der Waals surface area contributed by atoms with Crippen LogP contribution < -0.4 is 5.48 Å². The number of benzene rings is 1. The first-order valence-corrected chi connectivity index (χ1v) is 8.56. The summed E-state index contributed by atoms with van der Waals surface area (Å²) < 4.78 is 0. The number of nitrogens with zero attached hydrogens (tertiary/aromatic N) is 2. The lowest BCUT2D eigenvalue weighted by molar-refractivity contribution is 0.132. The molecule has 0 unspecified atom stereocenters. The van der Waals surface area contributed by atoms with Gasteiger partial charge in [0.05, 0.1) is 16.8 Å². The molecule has 1 fully saturated rings. The Balaban J connectivity index is 1.66. The number of H-pyrrole nitrogens is 1. The van der Waals surface area contributed by atoms with Crippen LogP contribution in [0.15, 0.2) is 12.1 Å². The van der Waals surface area contributed by atoms with Gasteiger partial charge in [-0.3, -0.25) is 0 Å². The number of fused-ring (bicyclic) bond motifs is 3. The highest BCUT2D eigenvalue weighted by Crippen LogP contribution is 2.35. The molecule has 0 radical (unpaired) electrons. The average Bonchev–Trinajstić information content (AvgIpc) is 3.27. The monoisotopic (exact) mass is 324 g/mol. The van der Waals surface area contributed by atoms with E-state index in [0.29, 0.717) is 5.56 Å². The maximum absolute atomic E-state index is 12.1. The molecule has 4 rings (SSSR count). The van der Waals surface area contributed by atoms with Crippen molar-refractivity contribution in [2.24, 2.45) is 0 Å². The molecule has 1 aromatic carbocycles. The van der Waals surface area contributed by atoms with E-state index in [9.17, 15) is 10.1 Å². The Hall–Kier alpha value is -2.68. The third-order valence-corrected chi connectivity index (χ3v) is 4.98. The molecular formula is C18H20N4O2. The number of amides is 1. The smallest absolute Gasteiger partial charge is 0.357 e. The van der Waals surface area contributed by atoms with E-state index in [1.54, 1.807) is 11.0 Å². The van der Waals surface area contributed by atoms with Gasteiger partial charge in [0, 0.05) is 24.2 Å². The summed E-state index contributed by atoms with van der Waals surface area (Å²) in [6, 6.07) is 5.82. The normalized spacial score (nSPS) is 16.7. The minimum atomic E-state index is -0.339. The highest BCUT2D eigenvalue weighted by Gasteiger charge is 2.22. The topological polar surface area (TPSA) is 81.2 Å². The summed E-state index contributed by atoms with van der Waals surface area (Å²) in [7, 11) is 0. The van der Waals surface area contributed by atoms with Gasteiger partial charge in [-0.15, -0.1) is 0 Å². The van der Waals surface area contributed by atoms with Crippen LogP contribution >= 0.6 is 0 Å². The zero-order valence-corrected chi connectivity index (χ0v) is 13.5. The zero-order chi connectivity index (χ0) is 16.5. The summed E-state index contributed by atoms with van der Waals surface area (Å²) >= 11 is 0. The van der Waals surface area contributed by atoms with Gasteiger partial charge in [0.25, 0.3) is 0 Å². The van der Waals surface area contributed by atoms with E-state index in [4.69, 9.17) is 4.84 Å². The van der Waals surface area contributed by atoms with Gasteiger partial charge in [0.2, 0.25) is 0 Å². The van der Waals surface area contributed by atoms with Gasteiger partial charge in [-0.2, -0.15) is 5.26 Å². The van der Waals surface area contributed by atoms with Crippen molar-refractivity contribution in [2.75, 3.05) is 18.6 Å². The number of aryl methyl sites for hydroxylation is 2. The molecule has 0 bridgehead atoms. The number of rotatable bonds is 2. The van der Waals surface area contributed by atoms with E-state index < -0.39 is 0 Å². The van der Waals surface area contributed by atoms with Crippen LogP contribution in [0.25, 0.3) is 10.9 Å². The fourth-order valence-electron chi connectivity index (χ4n) is 3.76. The van der Waals surface area contributed by atoms with E-state index in [0.717, 1.165) is 68.2 Å². The van der Waals surface area contributed by atoms with Crippen LogP contribution in [0.4, 0.5) is 10.5 Å². The average molecular weight is 324 g/mol. The summed E-state index contributed by atoms with van der Waals surface area (Å²) in [4.78, 5) is 22.5. The van der Waals surface area contributed by atoms with E-state index in [1.165, 1.54) is 11.3 Å². The first-order chi connectivity index (χ1) is 11.8. The molecule has 1 aromatic heterocycles. The molecule has 2 aromatic rings. The lowest BCUT2D eigenvalue weighted by Crippen LogP contribution is -2.30. The number of nitriles is 1. The molecule has 6 nitrogen and oxygen atoms in total. The van der Waals surface area contributed by atoms with Gasteiger partial charge in [-0.05, 0) is 56.2 Å². The number of nitrogens with one attached hydrogen (secondary N) is 2. The van der Waals surface area contributed by atoms with Crippen molar-refractivity contribution in [3.8, 4) is 6.07 Å². The van der Waals surface area contributed by atoms with E-state index in [2.05, 4.69) is 16.5 Å². The maximum Gasteiger partial charge on any atom is 0.434 e. The van der Waals surface area contributed by atoms with Gasteiger partial charge in [0.1, 0.15) is 6.07 Å². The molecule has 2 heterocycles. The van der Waals surface area contributed by atoms with Crippen LogP contribution in [0.5, 0.6) is 0 Å². The highest BCUT2D eigenvalue weighted by molar-refractivity contribution is 5.99. The number of carbonyl (C=O) groups excluding carboxylic acids is 1. The van der Waals surface area contributed by atoms with Crippen LogP contribution in [0.3, 0.4) is 0 Å². The van der Waals surface area contributed by atoms with Crippen molar-refractivity contribution in [3.63, 3.8) is 0 Å². The quantitative estimate of drug-likeness (QED) is 0.829. The van der Waals surface area contributed by atoms with E-state index in [-0.39, 0.29) is 6.09 Å². The minimum Gasteiger partial charge on any atom is -0.357 e. The van der Waals surface area contributed by atoms with Crippen molar-refractivity contribution in [2.45, 2.75) is 38.5 Å². The van der Waals surface area contributed by atoms with Crippen molar-refractivity contribution in [1.29, 1.82) is 5.26 Å². The standard InChI is InChI=1S/C18H20N4O2/c19-11-12-7-8-15(21-24-18(23)22-9-3-4-10-22)16-13-5-1-2-6-14(13)20-17(12)16/h7-8,20-21H,1-6,9-10H2. The summed E-state index contributed by atoms with van der Waals surface area (Å²) in [6.07, 6.45) is 6.01. The Kier molecular flexibility index (Phi) is 3.77. The van der Waals surface area contributed by atoms with Gasteiger partial charge < -0.3 is 14.7 Å². The highest BCUT2D eigenvalue weighted by atomic mass is 16.7. The van der Waals surface area contributed by atoms with Crippen molar-refractivity contribution in [3.05, 3.63) is 29.0 Å². The first kappa shape index (κ1) is 14.9. The predicted molar refractivity (Wildman–Crippen MR) is 90.6 cm³/mol. The second-order valence-electron chi connectivity index (χ2n) is 6.48. The number of likely N-dealkylation sites (tertiary alicyclic amines) is 1. The van der Waals surface area contributed by atoms with Gasteiger partial charge in [0.15, 0.2) is 0 Å². The van der Waals surface area contributed by atoms with E-state index >= 15 is 0 Å². The second-order valence-corrected chi connectivity index (χ2v) is 6.48. The molecule has 0 saturated carbocycles. The fraction of sp³-hybridized carbons (Fsp3) is 0.444. The molecule has 1 saturated heterocycles. The Morgan fingerprint density at radius 3 is 2.79 bits per heavy atom. The maximum atomic E-state index is 12.1. The van der Waals surface area contributed by atoms with Crippen LogP contribution in [0.1, 0.15) is 42.5 Å². The molecule has 0 atom stereocenters. The van der Waals surface area contributed by atoms with Crippen molar-refractivity contribution in [1.82, 2.24) is 9.88 Å². The molecule has 124 valence electrons. The predicted octanol–water partition coefficient (Wildman–Crippen LogP) is 3.48. The zero-order valence-electron chi connectivity index (χ0n) is 13.5. The summed E-state index contributed by atoms with van der Waals surface area (Å²) in [5.74, 6) is 0. The molecule has 1 aliphatic carbocycles. The summed E-state index contributed by atoms with van der Waals surface area (Å²) in [5, 5.41) is 10.4. The molecular weight excluding hydrogens is 304 g/mol. The third-order valence-electron chi connectivity index (χ3n) is 4.98. The number of carbonyl (C=O) groups is 1. The summed E-state index contributed by atoms with van der Waals surface area (Å²) in [5.41, 5.74) is 7.48. The minimum absolute atomic E-state index is 0.339. The van der Waals surface area contributed by atoms with Crippen LogP contribution in [-0.2, 0) is 17.7 Å². The second kappa shape index (κ2) is 6.08. The SMILES string of the molecule is N#Cc1ccc(NOC(=O)N2CCCC2)c2c3c([nH]c12)CCCC3. The number of hydrogen-bond donors (Lipinski definition) is 2. The van der Waals surface area contributed by atoms with Crippen molar-refractivity contribution >= 4 is 22.7 Å². The molecule has 6 heteroatoms. The Morgan fingerprint density at radius 1 is 1.21 bits per heavy atom. The Morgan fingerprint density at radius 2 is 2.00 bits per heavy atom. The van der Waals surface area contributed by atoms with E-state index in [1.807, 2.05) is 6.07 Å². The van der Waals surface area contributed by atoms with Crippen LogP contribution in [-0.4, -0.2) is 29.1 Å². The molecule has 2 aliphatic rings. The Labute approximate surface area is 140 Å². The lowest BCUT2D eigenvalue weighted by Gasteiger charge is -2.16. The van der Waals surface area contributed by atoms with Crippen LogP contribution in [0.2, 0.25) is 0 Å². The first-order valence-electron chi connectivity index (χ1n) is 8.56.